The SMILES string of the molecule is CCS(=O)(=O)Nc1ccc(-c2[nH]nc(Nc3cnc(OCCCCC(=O)N[C@H](C(=O)N4CCC[C@H]4C(=O)NCc4ccc(-c5scnc5C)cc4)C(C)(C)C)cn3)c2C(N)=O)cc1. The maximum absolute atomic E-state index is 14.0. The summed E-state index contributed by atoms with van der Waals surface area (Å²) in [5.41, 5.74) is 11.2. The molecule has 2 aromatic carbocycles. The first-order chi connectivity index (χ1) is 30.0. The lowest BCUT2D eigenvalue weighted by Crippen LogP contribution is -2.57. The van der Waals surface area contributed by atoms with Crippen LogP contribution >= 0.6 is 11.3 Å². The van der Waals surface area contributed by atoms with Gasteiger partial charge in [-0.15, -0.1) is 11.3 Å². The van der Waals surface area contributed by atoms with Gasteiger partial charge in [0.05, 0.1) is 46.5 Å². The van der Waals surface area contributed by atoms with Gasteiger partial charge in [0.15, 0.2) is 5.82 Å². The Hall–Kier alpha value is -6.41. The van der Waals surface area contributed by atoms with E-state index < -0.39 is 33.4 Å². The Morgan fingerprint density at radius 2 is 1.73 bits per heavy atom. The molecule has 334 valence electrons. The quantitative estimate of drug-likeness (QED) is 0.0578. The molecule has 2 atom stereocenters. The van der Waals surface area contributed by atoms with Crippen molar-refractivity contribution in [3.63, 3.8) is 0 Å². The standard InChI is InChI=1S/C43H53N11O7S2/c1-6-63(59,60)53-30-18-16-28(17-19-30)36-35(39(44)56)40(52-51-36)49-32-23-46-34(24-45-32)61-21-8-7-11-33(55)50-38(43(3,4)5)42(58)54-20-9-10-31(54)41(57)47-22-27-12-14-29(15-13-27)37-26(2)48-25-62-37/h12-19,23-25,31,38,53H,6-11,20-22H2,1-5H3,(H2,44,56)(H,47,57)(H,50,55)(H2,45,49,51,52)/t31-,38+/m0/s1. The number of hydrogen-bond acceptors (Lipinski definition) is 13. The third kappa shape index (κ3) is 11.9. The second kappa shape index (κ2) is 20.2. The van der Waals surface area contributed by atoms with Crippen molar-refractivity contribution in [2.75, 3.05) is 28.9 Å². The first-order valence-corrected chi connectivity index (χ1v) is 23.1. The summed E-state index contributed by atoms with van der Waals surface area (Å²) in [6.45, 7) is 10.2. The fourth-order valence-corrected chi connectivity index (χ4v) is 8.44. The number of amides is 4. The fraction of sp³-hybridized carbons (Fsp3) is 0.395. The Labute approximate surface area is 370 Å². The zero-order valence-corrected chi connectivity index (χ0v) is 37.5. The van der Waals surface area contributed by atoms with Gasteiger partial charge in [0, 0.05) is 30.8 Å². The van der Waals surface area contributed by atoms with Gasteiger partial charge in [0.2, 0.25) is 33.6 Å². The number of ether oxygens (including phenoxy) is 1. The highest BCUT2D eigenvalue weighted by Gasteiger charge is 2.41. The first-order valence-electron chi connectivity index (χ1n) is 20.6. The summed E-state index contributed by atoms with van der Waals surface area (Å²) in [6, 6.07) is 12.9. The number of aryl methyl sites for hydroxylation is 1. The zero-order valence-electron chi connectivity index (χ0n) is 35.9. The number of nitrogens with two attached hydrogens (primary N) is 1. The van der Waals surface area contributed by atoms with Crippen LogP contribution in [-0.4, -0.2) is 93.1 Å². The number of thiazole rings is 1. The van der Waals surface area contributed by atoms with Gasteiger partial charge < -0.3 is 31.3 Å². The normalized spacial score (nSPS) is 14.5. The number of aromatic amines is 1. The average molecular weight is 900 g/mol. The Kier molecular flexibility index (Phi) is 14.8. The topological polar surface area (TPSA) is 256 Å². The van der Waals surface area contributed by atoms with E-state index in [0.717, 1.165) is 21.7 Å². The van der Waals surface area contributed by atoms with E-state index in [-0.39, 0.29) is 59.6 Å². The highest BCUT2D eigenvalue weighted by atomic mass is 32.2. The summed E-state index contributed by atoms with van der Waals surface area (Å²) in [6.07, 6.45) is 5.21. The molecule has 4 heterocycles. The Balaban J connectivity index is 0.946. The van der Waals surface area contributed by atoms with Crippen LogP contribution in [0.2, 0.25) is 0 Å². The van der Waals surface area contributed by atoms with Gasteiger partial charge in [-0.05, 0) is 68.2 Å². The third-order valence-corrected chi connectivity index (χ3v) is 12.7. The van der Waals surface area contributed by atoms with Crippen molar-refractivity contribution in [3.05, 3.63) is 83.3 Å². The largest absolute Gasteiger partial charge is 0.477 e. The summed E-state index contributed by atoms with van der Waals surface area (Å²) in [4.78, 5) is 68.6. The lowest BCUT2D eigenvalue weighted by Gasteiger charge is -2.35. The van der Waals surface area contributed by atoms with Crippen LogP contribution in [0.25, 0.3) is 21.7 Å². The van der Waals surface area contributed by atoms with Crippen molar-refractivity contribution in [2.24, 2.45) is 11.1 Å². The number of aromatic nitrogens is 5. The molecule has 3 aromatic heterocycles. The molecule has 0 radical (unpaired) electrons. The van der Waals surface area contributed by atoms with E-state index in [1.54, 1.807) is 40.5 Å². The van der Waals surface area contributed by atoms with Crippen molar-refractivity contribution in [2.45, 2.75) is 85.4 Å². The van der Waals surface area contributed by atoms with E-state index in [4.69, 9.17) is 10.5 Å². The van der Waals surface area contributed by atoms with Crippen LogP contribution in [0, 0.1) is 12.3 Å². The summed E-state index contributed by atoms with van der Waals surface area (Å²) in [5.74, 6) is -0.977. The minimum absolute atomic E-state index is 0.0704. The molecule has 5 aromatic rings. The molecule has 1 saturated heterocycles. The number of hydrogen-bond donors (Lipinski definition) is 6. The molecule has 7 N–H and O–H groups in total. The minimum atomic E-state index is -3.45. The molecule has 1 fully saturated rings. The van der Waals surface area contributed by atoms with Crippen molar-refractivity contribution in [1.82, 2.24) is 40.7 Å². The maximum atomic E-state index is 14.0. The van der Waals surface area contributed by atoms with Crippen LogP contribution in [0.1, 0.15) is 81.4 Å². The molecule has 0 saturated carbocycles. The smallest absolute Gasteiger partial charge is 0.254 e. The van der Waals surface area contributed by atoms with Crippen molar-refractivity contribution in [1.29, 1.82) is 0 Å². The molecule has 18 nitrogen and oxygen atoms in total. The number of primary amides is 1. The molecular weight excluding hydrogens is 847 g/mol. The van der Waals surface area contributed by atoms with E-state index in [9.17, 15) is 27.6 Å². The molecule has 0 unspecified atom stereocenters. The van der Waals surface area contributed by atoms with Crippen molar-refractivity contribution in [3.8, 4) is 27.6 Å². The number of unbranched alkanes of at least 4 members (excludes halogenated alkanes) is 1. The van der Waals surface area contributed by atoms with Crippen LogP contribution in [0.15, 0.2) is 66.4 Å². The molecule has 20 heteroatoms. The number of nitrogens with zero attached hydrogens (tertiary/aromatic N) is 5. The van der Waals surface area contributed by atoms with Gasteiger partial charge in [-0.25, -0.2) is 23.4 Å². The predicted octanol–water partition coefficient (Wildman–Crippen LogP) is 5.29. The van der Waals surface area contributed by atoms with Crippen LogP contribution in [-0.2, 0) is 31.0 Å². The van der Waals surface area contributed by atoms with Crippen molar-refractivity contribution < 1.29 is 32.3 Å². The van der Waals surface area contributed by atoms with Crippen LogP contribution in [0.3, 0.4) is 0 Å². The minimum Gasteiger partial charge on any atom is -0.477 e. The summed E-state index contributed by atoms with van der Waals surface area (Å²) in [5, 5.41) is 15.9. The van der Waals surface area contributed by atoms with Gasteiger partial charge in [-0.2, -0.15) is 5.10 Å². The number of sulfonamides is 1. The average Bonchev–Trinajstić information content (AvgIpc) is 4.03. The van der Waals surface area contributed by atoms with Crippen LogP contribution in [0.4, 0.5) is 17.3 Å². The summed E-state index contributed by atoms with van der Waals surface area (Å²) < 4.78 is 32.0. The third-order valence-electron chi connectivity index (χ3n) is 10.4. The molecular formula is C43H53N11O7S2. The van der Waals surface area contributed by atoms with Gasteiger partial charge in [0.25, 0.3) is 5.91 Å². The number of carbonyl (C=O) groups is 4. The molecule has 0 aliphatic carbocycles. The second-order valence-corrected chi connectivity index (χ2v) is 19.0. The van der Waals surface area contributed by atoms with E-state index in [2.05, 4.69) is 45.8 Å². The van der Waals surface area contributed by atoms with Gasteiger partial charge in [0.1, 0.15) is 23.5 Å². The molecule has 0 spiro atoms. The first kappa shape index (κ1) is 46.1. The lowest BCUT2D eigenvalue weighted by atomic mass is 9.85. The molecule has 6 rings (SSSR count). The molecule has 1 aliphatic heterocycles. The highest BCUT2D eigenvalue weighted by molar-refractivity contribution is 7.92. The number of likely N-dealkylation sites (tertiary alicyclic amines) is 1. The number of nitrogens with one attached hydrogen (secondary N) is 5. The van der Waals surface area contributed by atoms with Gasteiger partial charge >= 0.3 is 0 Å². The molecule has 0 bridgehead atoms. The molecule has 1 aliphatic rings. The van der Waals surface area contributed by atoms with Gasteiger partial charge in [-0.3, -0.25) is 29.0 Å². The van der Waals surface area contributed by atoms with E-state index in [0.29, 0.717) is 55.7 Å². The van der Waals surface area contributed by atoms with Crippen LogP contribution in [0.5, 0.6) is 5.88 Å². The predicted molar refractivity (Wildman–Crippen MR) is 241 cm³/mol. The van der Waals surface area contributed by atoms with E-state index in [1.807, 2.05) is 57.5 Å². The zero-order chi connectivity index (χ0) is 45.3. The maximum Gasteiger partial charge on any atom is 0.254 e. The number of rotatable bonds is 19. The lowest BCUT2D eigenvalue weighted by molar-refractivity contribution is -0.144. The number of H-pyrrole nitrogens is 1. The molecule has 4 amide bonds. The number of carbonyl (C=O) groups excluding carboxylic acids is 4. The Bertz CT molecular complexity index is 2500. The van der Waals surface area contributed by atoms with Crippen molar-refractivity contribution >= 4 is 62.3 Å². The van der Waals surface area contributed by atoms with E-state index in [1.165, 1.54) is 19.3 Å². The van der Waals surface area contributed by atoms with E-state index >= 15 is 0 Å². The monoisotopic (exact) mass is 899 g/mol. The molecule has 63 heavy (non-hydrogen) atoms. The second-order valence-electron chi connectivity index (χ2n) is 16.2. The van der Waals surface area contributed by atoms with Gasteiger partial charge in [-0.1, -0.05) is 57.2 Å². The Morgan fingerprint density at radius 1 is 1.00 bits per heavy atom. The summed E-state index contributed by atoms with van der Waals surface area (Å²) >= 11 is 1.59. The number of anilines is 3. The Morgan fingerprint density at radius 3 is 2.37 bits per heavy atom. The fourth-order valence-electron chi connectivity index (χ4n) is 6.99. The highest BCUT2D eigenvalue weighted by Crippen LogP contribution is 2.31. The number of benzene rings is 2. The summed E-state index contributed by atoms with van der Waals surface area (Å²) in [7, 11) is -3.45. The van der Waals surface area contributed by atoms with Crippen LogP contribution < -0.4 is 31.1 Å².